The van der Waals surface area contributed by atoms with Crippen LogP contribution in [-0.2, 0) is 14.6 Å². The molecule has 3 atom stereocenters. The maximum Gasteiger partial charge on any atom is 0.244 e. The van der Waals surface area contributed by atoms with E-state index in [-0.39, 0.29) is 17.4 Å². The van der Waals surface area contributed by atoms with Gasteiger partial charge >= 0.3 is 0 Å². The Morgan fingerprint density at radius 3 is 2.81 bits per heavy atom. The predicted molar refractivity (Wildman–Crippen MR) is 81.5 cm³/mol. The SMILES string of the molecule is CC1(C)C2CC=C(C=NNC(=O)C3CCS(=O)(=O)C3)C1C2. The number of carbonyl (C=O) groups is 1. The molecule has 0 aromatic carbocycles. The van der Waals surface area contributed by atoms with Gasteiger partial charge in [-0.05, 0) is 42.1 Å². The summed E-state index contributed by atoms with van der Waals surface area (Å²) in [5, 5.41) is 4.04. The molecule has 0 radical (unpaired) electrons. The fourth-order valence-corrected chi connectivity index (χ4v) is 5.55. The number of rotatable bonds is 3. The lowest BCUT2D eigenvalue weighted by Gasteiger charge is -2.55. The van der Waals surface area contributed by atoms with Gasteiger partial charge in [0, 0.05) is 0 Å². The number of sulfone groups is 1. The van der Waals surface area contributed by atoms with Gasteiger partial charge in [-0.15, -0.1) is 0 Å². The summed E-state index contributed by atoms with van der Waals surface area (Å²) in [6.45, 7) is 4.57. The number of nitrogens with zero attached hydrogens (tertiary/aromatic N) is 1. The van der Waals surface area contributed by atoms with Crippen LogP contribution in [0, 0.1) is 23.2 Å². The average molecular weight is 310 g/mol. The van der Waals surface area contributed by atoms with E-state index >= 15 is 0 Å². The fourth-order valence-electron chi connectivity index (χ4n) is 3.81. The van der Waals surface area contributed by atoms with Crippen molar-refractivity contribution in [2.24, 2.45) is 28.3 Å². The Hall–Kier alpha value is -1.17. The predicted octanol–water partition coefficient (Wildman–Crippen LogP) is 1.52. The van der Waals surface area contributed by atoms with E-state index in [0.29, 0.717) is 17.8 Å². The molecular weight excluding hydrogens is 288 g/mol. The maximum absolute atomic E-state index is 11.9. The van der Waals surface area contributed by atoms with Gasteiger partial charge in [0.05, 0.1) is 23.6 Å². The Labute approximate surface area is 125 Å². The van der Waals surface area contributed by atoms with Crippen LogP contribution in [0.5, 0.6) is 0 Å². The molecule has 0 aromatic rings. The zero-order chi connectivity index (χ0) is 15.3. The van der Waals surface area contributed by atoms with Crippen LogP contribution in [0.3, 0.4) is 0 Å². The molecule has 116 valence electrons. The quantitative estimate of drug-likeness (QED) is 0.634. The van der Waals surface area contributed by atoms with Crippen LogP contribution in [0.15, 0.2) is 16.8 Å². The monoisotopic (exact) mass is 310 g/mol. The summed E-state index contributed by atoms with van der Waals surface area (Å²) in [5.41, 5.74) is 4.03. The van der Waals surface area contributed by atoms with Gasteiger partial charge in [-0.3, -0.25) is 4.79 Å². The van der Waals surface area contributed by atoms with Crippen LogP contribution in [0.1, 0.15) is 33.1 Å². The highest BCUT2D eigenvalue weighted by molar-refractivity contribution is 7.91. The van der Waals surface area contributed by atoms with Gasteiger partial charge in [-0.2, -0.15) is 5.10 Å². The highest BCUT2D eigenvalue weighted by Crippen LogP contribution is 2.58. The summed E-state index contributed by atoms with van der Waals surface area (Å²) in [6, 6.07) is 0. The van der Waals surface area contributed by atoms with Gasteiger partial charge in [0.1, 0.15) is 0 Å². The van der Waals surface area contributed by atoms with Crippen molar-refractivity contribution in [1.82, 2.24) is 5.43 Å². The van der Waals surface area contributed by atoms with Crippen molar-refractivity contribution in [3.05, 3.63) is 11.6 Å². The second kappa shape index (κ2) is 4.93. The van der Waals surface area contributed by atoms with Crippen LogP contribution in [-0.4, -0.2) is 32.0 Å². The van der Waals surface area contributed by atoms with Crippen molar-refractivity contribution >= 4 is 22.0 Å². The third kappa shape index (κ3) is 2.65. The number of fused-ring (bicyclic) bond motifs is 1. The van der Waals surface area contributed by atoms with E-state index in [0.717, 1.165) is 12.3 Å². The number of allylic oxidation sites excluding steroid dienone is 2. The number of nitrogens with one attached hydrogen (secondary N) is 1. The molecule has 5 nitrogen and oxygen atoms in total. The van der Waals surface area contributed by atoms with E-state index in [1.807, 2.05) is 0 Å². The lowest BCUT2D eigenvalue weighted by Crippen LogP contribution is -2.48. The van der Waals surface area contributed by atoms with Gasteiger partial charge in [-0.25, -0.2) is 13.8 Å². The highest BCUT2D eigenvalue weighted by Gasteiger charge is 2.50. The first-order valence-electron chi connectivity index (χ1n) is 7.53. The Bertz CT molecular complexity index is 619. The number of carbonyl (C=O) groups excluding carboxylic acids is 1. The Morgan fingerprint density at radius 2 is 2.24 bits per heavy atom. The minimum absolute atomic E-state index is 0.0472. The van der Waals surface area contributed by atoms with Gasteiger partial charge in [-0.1, -0.05) is 19.9 Å². The molecule has 2 bridgehead atoms. The molecule has 1 saturated carbocycles. The molecule has 0 spiro atoms. The van der Waals surface area contributed by atoms with Crippen LogP contribution in [0.4, 0.5) is 0 Å². The second-order valence-electron chi connectivity index (χ2n) is 7.08. The molecule has 6 heteroatoms. The lowest BCUT2D eigenvalue weighted by atomic mass is 9.49. The van der Waals surface area contributed by atoms with Crippen LogP contribution in [0.2, 0.25) is 0 Å². The molecule has 2 fully saturated rings. The Kier molecular flexibility index (Phi) is 3.47. The summed E-state index contributed by atoms with van der Waals surface area (Å²) >= 11 is 0. The molecule has 3 aliphatic carbocycles. The van der Waals surface area contributed by atoms with E-state index in [1.165, 1.54) is 12.0 Å². The first kappa shape index (κ1) is 14.8. The first-order valence-corrected chi connectivity index (χ1v) is 9.35. The average Bonchev–Trinajstić information content (AvgIpc) is 2.79. The standard InChI is InChI=1S/C15H22N2O3S/c1-15(2)12-4-3-10(13(15)7-12)8-16-17-14(18)11-5-6-21(19,20)9-11/h3,8,11-13H,4-7,9H2,1-2H3,(H,17,18). The van der Waals surface area contributed by atoms with E-state index in [2.05, 4.69) is 30.5 Å². The van der Waals surface area contributed by atoms with E-state index in [4.69, 9.17) is 0 Å². The van der Waals surface area contributed by atoms with Crippen molar-refractivity contribution in [2.75, 3.05) is 11.5 Å². The summed E-state index contributed by atoms with van der Waals surface area (Å²) < 4.78 is 22.7. The molecule has 1 amide bonds. The van der Waals surface area contributed by atoms with Gasteiger partial charge in [0.15, 0.2) is 9.84 Å². The number of hydrazone groups is 1. The zero-order valence-corrected chi connectivity index (χ0v) is 13.3. The summed E-state index contributed by atoms with van der Waals surface area (Å²) in [6.07, 6.45) is 6.64. The summed E-state index contributed by atoms with van der Waals surface area (Å²) in [5.74, 6) is 0.639. The van der Waals surface area contributed by atoms with Crippen LogP contribution >= 0.6 is 0 Å². The van der Waals surface area contributed by atoms with Crippen LogP contribution in [0.25, 0.3) is 0 Å². The third-order valence-corrected chi connectivity index (χ3v) is 7.27. The van der Waals surface area contributed by atoms with E-state index < -0.39 is 15.8 Å². The molecular formula is C15H22N2O3S. The Balaban J connectivity index is 1.56. The third-order valence-electron chi connectivity index (χ3n) is 5.50. The normalized spacial score (nSPS) is 36.1. The smallest absolute Gasteiger partial charge is 0.244 e. The van der Waals surface area contributed by atoms with Crippen molar-refractivity contribution in [3.63, 3.8) is 0 Å². The van der Waals surface area contributed by atoms with Crippen molar-refractivity contribution in [2.45, 2.75) is 33.1 Å². The molecule has 4 aliphatic rings. The molecule has 1 N–H and O–H groups in total. The minimum Gasteiger partial charge on any atom is -0.273 e. The lowest BCUT2D eigenvalue weighted by molar-refractivity contribution is -0.124. The molecule has 1 saturated heterocycles. The highest BCUT2D eigenvalue weighted by atomic mass is 32.2. The molecule has 0 aromatic heterocycles. The van der Waals surface area contributed by atoms with Crippen molar-refractivity contribution in [1.29, 1.82) is 0 Å². The topological polar surface area (TPSA) is 75.6 Å². The van der Waals surface area contributed by atoms with Crippen LogP contribution < -0.4 is 5.43 Å². The summed E-state index contributed by atoms with van der Waals surface area (Å²) in [4.78, 5) is 11.9. The van der Waals surface area contributed by atoms with E-state index in [9.17, 15) is 13.2 Å². The van der Waals surface area contributed by atoms with E-state index in [1.54, 1.807) is 6.21 Å². The minimum atomic E-state index is -3.03. The van der Waals surface area contributed by atoms with Crippen molar-refractivity contribution < 1.29 is 13.2 Å². The van der Waals surface area contributed by atoms with Gasteiger partial charge in [0.2, 0.25) is 5.91 Å². The largest absolute Gasteiger partial charge is 0.273 e. The second-order valence-corrected chi connectivity index (χ2v) is 9.31. The molecule has 3 unspecified atom stereocenters. The van der Waals surface area contributed by atoms with Gasteiger partial charge < -0.3 is 0 Å². The number of hydrogen-bond donors (Lipinski definition) is 1. The fraction of sp³-hybridized carbons (Fsp3) is 0.733. The molecule has 21 heavy (non-hydrogen) atoms. The maximum atomic E-state index is 11.9. The molecule has 1 heterocycles. The first-order chi connectivity index (χ1) is 9.79. The zero-order valence-electron chi connectivity index (χ0n) is 12.5. The van der Waals surface area contributed by atoms with Gasteiger partial charge in [0.25, 0.3) is 0 Å². The van der Waals surface area contributed by atoms with Crippen molar-refractivity contribution in [3.8, 4) is 0 Å². The number of amides is 1. The number of hydrogen-bond acceptors (Lipinski definition) is 4. The molecule has 4 rings (SSSR count). The summed E-state index contributed by atoms with van der Waals surface area (Å²) in [7, 11) is -3.03. The Morgan fingerprint density at radius 1 is 1.48 bits per heavy atom. The molecule has 1 aliphatic heterocycles.